The van der Waals surface area contributed by atoms with E-state index in [0.717, 1.165) is 11.1 Å². The number of carbonyl (C=O) groups is 1. The Labute approximate surface area is 172 Å². The van der Waals surface area contributed by atoms with E-state index in [-0.39, 0.29) is 23.0 Å². The number of phenolic OH excluding ortho intramolecular Hbond substituents is 1. The van der Waals surface area contributed by atoms with E-state index in [1.54, 1.807) is 30.3 Å². The molecule has 0 bridgehead atoms. The number of benzene rings is 3. The first kappa shape index (κ1) is 19.1. The normalized spacial score (nSPS) is 14.8. The molecule has 0 aliphatic carbocycles. The van der Waals surface area contributed by atoms with E-state index < -0.39 is 4.92 Å². The highest BCUT2D eigenvalue weighted by atomic mass is 16.6. The molecule has 30 heavy (non-hydrogen) atoms. The maximum atomic E-state index is 13.2. The fourth-order valence-corrected chi connectivity index (χ4v) is 3.19. The molecule has 0 saturated heterocycles. The van der Waals surface area contributed by atoms with Crippen LogP contribution in [0.4, 0.5) is 11.4 Å². The monoisotopic (exact) mass is 399 g/mol. The van der Waals surface area contributed by atoms with Crippen LogP contribution in [0.5, 0.6) is 5.75 Å². The summed E-state index contributed by atoms with van der Waals surface area (Å²) in [6.45, 7) is 1.96. The van der Waals surface area contributed by atoms with Crippen LogP contribution in [0.15, 0.2) is 83.5 Å². The van der Waals surface area contributed by atoms with Crippen molar-refractivity contribution in [2.75, 3.05) is 4.90 Å². The van der Waals surface area contributed by atoms with Gasteiger partial charge >= 0.3 is 0 Å². The predicted molar refractivity (Wildman–Crippen MR) is 114 cm³/mol. The lowest BCUT2D eigenvalue weighted by Gasteiger charge is -2.18. The summed E-state index contributed by atoms with van der Waals surface area (Å²) in [6, 6.07) is 19.9. The number of hydrogen-bond donors (Lipinski definition) is 1. The molecule has 0 unspecified atom stereocenters. The molecule has 0 saturated carbocycles. The van der Waals surface area contributed by atoms with Crippen molar-refractivity contribution in [2.24, 2.45) is 4.99 Å². The van der Waals surface area contributed by atoms with Crippen molar-refractivity contribution in [1.29, 1.82) is 0 Å². The molecule has 4 rings (SSSR count). The quantitative estimate of drug-likeness (QED) is 0.398. The van der Waals surface area contributed by atoms with Gasteiger partial charge in [-0.3, -0.25) is 19.8 Å². The van der Waals surface area contributed by atoms with Crippen molar-refractivity contribution in [2.45, 2.75) is 6.92 Å². The maximum absolute atomic E-state index is 13.2. The highest BCUT2D eigenvalue weighted by Gasteiger charge is 2.32. The number of carbonyl (C=O) groups excluding carboxylic acids is 1. The number of aliphatic imine (C=N–C) groups is 1. The Bertz CT molecular complexity index is 1200. The summed E-state index contributed by atoms with van der Waals surface area (Å²) >= 11 is 0. The highest BCUT2D eigenvalue weighted by molar-refractivity contribution is 6.33. The second kappa shape index (κ2) is 7.63. The SMILES string of the molecule is Cc1cccc(C2=NC(=Cc3ccc([N+](=O)[O-])cc3)C(=O)N2c2ccc(O)cc2)c1. The van der Waals surface area contributed by atoms with E-state index in [1.165, 1.54) is 29.2 Å². The van der Waals surface area contributed by atoms with Crippen LogP contribution in [-0.4, -0.2) is 21.8 Å². The number of nitro groups is 1. The zero-order chi connectivity index (χ0) is 21.3. The average molecular weight is 399 g/mol. The zero-order valence-electron chi connectivity index (χ0n) is 16.0. The number of hydrogen-bond acceptors (Lipinski definition) is 5. The summed E-state index contributed by atoms with van der Waals surface area (Å²) < 4.78 is 0. The van der Waals surface area contributed by atoms with Gasteiger partial charge in [-0.25, -0.2) is 4.99 Å². The molecule has 7 heteroatoms. The lowest BCUT2D eigenvalue weighted by molar-refractivity contribution is -0.384. The minimum atomic E-state index is -0.474. The topological polar surface area (TPSA) is 96.0 Å². The second-order valence-corrected chi connectivity index (χ2v) is 6.84. The van der Waals surface area contributed by atoms with Crippen molar-refractivity contribution in [3.05, 3.63) is 105 Å². The number of nitrogens with zero attached hydrogens (tertiary/aromatic N) is 3. The standard InChI is InChI=1S/C23H17N3O4/c1-15-3-2-4-17(13-15)22-24-21(14-16-5-7-19(8-6-16)26(29)30)23(28)25(22)18-9-11-20(27)12-10-18/h2-14,27H,1H3. The molecular formula is C23H17N3O4. The molecule has 148 valence electrons. The Morgan fingerprint density at radius 1 is 1.03 bits per heavy atom. The van der Waals surface area contributed by atoms with Gasteiger partial charge in [0, 0.05) is 17.7 Å². The smallest absolute Gasteiger partial charge is 0.282 e. The van der Waals surface area contributed by atoms with Gasteiger partial charge < -0.3 is 5.11 Å². The Hall–Kier alpha value is -4.26. The molecule has 0 aromatic heterocycles. The number of non-ortho nitro benzene ring substituents is 1. The third-order valence-electron chi connectivity index (χ3n) is 4.65. The molecule has 0 fully saturated rings. The van der Waals surface area contributed by atoms with Crippen LogP contribution in [-0.2, 0) is 4.79 Å². The van der Waals surface area contributed by atoms with Gasteiger partial charge in [0.2, 0.25) is 0 Å². The first-order chi connectivity index (χ1) is 14.4. The Balaban J connectivity index is 1.79. The van der Waals surface area contributed by atoms with Gasteiger partial charge in [-0.05, 0) is 61.0 Å². The van der Waals surface area contributed by atoms with E-state index in [9.17, 15) is 20.0 Å². The fourth-order valence-electron chi connectivity index (χ4n) is 3.19. The molecule has 1 heterocycles. The van der Waals surface area contributed by atoms with Crippen molar-refractivity contribution in [3.63, 3.8) is 0 Å². The van der Waals surface area contributed by atoms with Gasteiger partial charge in [0.05, 0.1) is 10.6 Å². The number of nitro benzene ring substituents is 1. The number of amidine groups is 1. The Morgan fingerprint density at radius 3 is 2.37 bits per heavy atom. The molecule has 0 radical (unpaired) electrons. The summed E-state index contributed by atoms with van der Waals surface area (Å²) in [5.41, 5.74) is 3.21. The van der Waals surface area contributed by atoms with Crippen LogP contribution in [0.2, 0.25) is 0 Å². The molecule has 0 atom stereocenters. The Kier molecular flexibility index (Phi) is 4.85. The first-order valence-electron chi connectivity index (χ1n) is 9.18. The Morgan fingerprint density at radius 2 is 1.73 bits per heavy atom. The minimum Gasteiger partial charge on any atom is -0.508 e. The van der Waals surface area contributed by atoms with E-state index in [1.807, 2.05) is 31.2 Å². The van der Waals surface area contributed by atoms with Crippen LogP contribution >= 0.6 is 0 Å². The molecule has 1 amide bonds. The number of aryl methyl sites for hydroxylation is 1. The molecule has 0 spiro atoms. The number of anilines is 1. The van der Waals surface area contributed by atoms with Gasteiger partial charge in [0.1, 0.15) is 17.3 Å². The number of amides is 1. The lowest BCUT2D eigenvalue weighted by Crippen LogP contribution is -2.32. The van der Waals surface area contributed by atoms with Gasteiger partial charge in [-0.1, -0.05) is 23.8 Å². The largest absolute Gasteiger partial charge is 0.508 e. The lowest BCUT2D eigenvalue weighted by atomic mass is 10.1. The molecule has 7 nitrogen and oxygen atoms in total. The van der Waals surface area contributed by atoms with Crippen LogP contribution in [0.1, 0.15) is 16.7 Å². The molecular weight excluding hydrogens is 382 g/mol. The van der Waals surface area contributed by atoms with Crippen LogP contribution in [0.25, 0.3) is 6.08 Å². The third kappa shape index (κ3) is 3.68. The van der Waals surface area contributed by atoms with Crippen LogP contribution < -0.4 is 4.90 Å². The highest BCUT2D eigenvalue weighted by Crippen LogP contribution is 2.29. The van der Waals surface area contributed by atoms with Gasteiger partial charge in [-0.2, -0.15) is 0 Å². The summed E-state index contributed by atoms with van der Waals surface area (Å²) in [5.74, 6) is 0.249. The second-order valence-electron chi connectivity index (χ2n) is 6.84. The summed E-state index contributed by atoms with van der Waals surface area (Å²) in [4.78, 5) is 29.6. The molecule has 1 aliphatic heterocycles. The van der Waals surface area contributed by atoms with Crippen molar-refractivity contribution >= 4 is 29.2 Å². The molecule has 1 aliphatic rings. The van der Waals surface area contributed by atoms with Crippen molar-refractivity contribution in [1.82, 2.24) is 0 Å². The van der Waals surface area contributed by atoms with Crippen LogP contribution in [0, 0.1) is 17.0 Å². The van der Waals surface area contributed by atoms with Gasteiger partial charge in [0.15, 0.2) is 0 Å². The fraction of sp³-hybridized carbons (Fsp3) is 0.0435. The molecule has 3 aromatic carbocycles. The molecule has 1 N–H and O–H groups in total. The van der Waals surface area contributed by atoms with Crippen LogP contribution in [0.3, 0.4) is 0 Å². The zero-order valence-corrected chi connectivity index (χ0v) is 16.0. The predicted octanol–water partition coefficient (Wildman–Crippen LogP) is 4.44. The van der Waals surface area contributed by atoms with Gasteiger partial charge in [-0.15, -0.1) is 0 Å². The van der Waals surface area contributed by atoms with Gasteiger partial charge in [0.25, 0.3) is 11.6 Å². The van der Waals surface area contributed by atoms with E-state index in [4.69, 9.17) is 0 Å². The summed E-state index contributed by atoms with van der Waals surface area (Å²) in [6.07, 6.45) is 1.60. The average Bonchev–Trinajstić information content (AvgIpc) is 3.05. The number of rotatable bonds is 4. The van der Waals surface area contributed by atoms with Crippen molar-refractivity contribution < 1.29 is 14.8 Å². The summed E-state index contributed by atoms with van der Waals surface area (Å²) in [5, 5.41) is 20.4. The third-order valence-corrected chi connectivity index (χ3v) is 4.65. The van der Waals surface area contributed by atoms with E-state index >= 15 is 0 Å². The first-order valence-corrected chi connectivity index (χ1v) is 9.18. The maximum Gasteiger partial charge on any atom is 0.282 e. The summed E-state index contributed by atoms with van der Waals surface area (Å²) in [7, 11) is 0. The van der Waals surface area contributed by atoms with E-state index in [2.05, 4.69) is 4.99 Å². The number of phenols is 1. The van der Waals surface area contributed by atoms with E-state index in [0.29, 0.717) is 17.1 Å². The molecule has 3 aromatic rings. The number of aromatic hydroxyl groups is 1. The van der Waals surface area contributed by atoms with Crippen molar-refractivity contribution in [3.8, 4) is 5.75 Å². The minimum absolute atomic E-state index is 0.0235.